The molecule has 7 nitrogen and oxygen atoms in total. The second-order valence-corrected chi connectivity index (χ2v) is 3.16. The van der Waals surface area contributed by atoms with E-state index in [-0.39, 0.29) is 17.0 Å². The predicted octanol–water partition coefficient (Wildman–Crippen LogP) is 0.776. The second kappa shape index (κ2) is 5.26. The maximum Gasteiger partial charge on any atom is 0.327 e. The third-order valence-corrected chi connectivity index (χ3v) is 2.22. The molecule has 1 atom stereocenters. The third-order valence-electron chi connectivity index (χ3n) is 2.22. The highest BCUT2D eigenvalue weighted by Gasteiger charge is 2.28. The Morgan fingerprint density at radius 3 is 2.59 bits per heavy atom. The molecule has 0 aromatic heterocycles. The minimum atomic E-state index is -1.21. The molecule has 92 valence electrons. The predicted molar refractivity (Wildman–Crippen MR) is 58.6 cm³/mol. The quantitative estimate of drug-likeness (QED) is 0.473. The first-order valence-corrected chi connectivity index (χ1v) is 4.67. The molecule has 0 aliphatic heterocycles. The summed E-state index contributed by atoms with van der Waals surface area (Å²) in [6, 6.07) is 3.12. The van der Waals surface area contributed by atoms with Crippen molar-refractivity contribution in [1.29, 1.82) is 0 Å². The molecule has 2 N–H and O–H groups in total. The lowest BCUT2D eigenvalue weighted by atomic mass is 10.1. The number of hydrogen-bond donors (Lipinski definition) is 1. The summed E-state index contributed by atoms with van der Waals surface area (Å²) in [7, 11) is 2.46. The molecule has 0 spiro atoms. The lowest BCUT2D eigenvalue weighted by molar-refractivity contribution is -0.386. The molecule has 0 aliphatic rings. The highest BCUT2D eigenvalue weighted by atomic mass is 16.6. The van der Waals surface area contributed by atoms with Gasteiger partial charge in [0.05, 0.1) is 24.7 Å². The number of esters is 1. The number of nitrogens with zero attached hydrogens (tertiary/aromatic N) is 1. The summed E-state index contributed by atoms with van der Waals surface area (Å²) in [4.78, 5) is 21.6. The van der Waals surface area contributed by atoms with Gasteiger partial charge in [-0.05, 0) is 12.1 Å². The monoisotopic (exact) mass is 240 g/mol. The van der Waals surface area contributed by atoms with Crippen LogP contribution in [0.3, 0.4) is 0 Å². The molecule has 0 radical (unpaired) electrons. The van der Waals surface area contributed by atoms with Crippen LogP contribution in [0, 0.1) is 10.1 Å². The van der Waals surface area contributed by atoms with Crippen LogP contribution < -0.4 is 10.5 Å². The minimum Gasteiger partial charge on any atom is -0.490 e. The van der Waals surface area contributed by atoms with Gasteiger partial charge in [-0.25, -0.2) is 4.79 Å². The van der Waals surface area contributed by atoms with Gasteiger partial charge in [0, 0.05) is 0 Å². The SMILES string of the molecule is COC(=O)C(N)c1cccc(OC)c1[N+](=O)[O-]. The summed E-state index contributed by atoms with van der Waals surface area (Å²) in [5, 5.41) is 10.9. The number of nitro benzene ring substituents is 1. The summed E-state index contributed by atoms with van der Waals surface area (Å²) in [6.45, 7) is 0. The Morgan fingerprint density at radius 2 is 2.12 bits per heavy atom. The molecule has 0 bridgehead atoms. The standard InChI is InChI=1S/C10H12N2O5/c1-16-7-5-3-4-6(9(7)12(14)15)8(11)10(13)17-2/h3-5,8H,11H2,1-2H3. The van der Waals surface area contributed by atoms with Crippen molar-refractivity contribution in [3.63, 3.8) is 0 Å². The van der Waals surface area contributed by atoms with Crippen LogP contribution in [0.4, 0.5) is 5.69 Å². The molecule has 0 saturated heterocycles. The van der Waals surface area contributed by atoms with Crippen molar-refractivity contribution >= 4 is 11.7 Å². The summed E-state index contributed by atoms with van der Waals surface area (Å²) < 4.78 is 9.31. The summed E-state index contributed by atoms with van der Waals surface area (Å²) in [5.41, 5.74) is 5.31. The van der Waals surface area contributed by atoms with E-state index in [0.29, 0.717) is 0 Å². The normalized spacial score (nSPS) is 11.7. The Bertz CT molecular complexity index is 446. The Balaban J connectivity index is 3.32. The first-order chi connectivity index (χ1) is 8.02. The van der Waals surface area contributed by atoms with Gasteiger partial charge in [-0.1, -0.05) is 6.07 Å². The highest BCUT2D eigenvalue weighted by molar-refractivity contribution is 5.79. The molecule has 17 heavy (non-hydrogen) atoms. The van der Waals surface area contributed by atoms with E-state index in [1.165, 1.54) is 25.3 Å². The van der Waals surface area contributed by atoms with Crippen LogP contribution in [0.2, 0.25) is 0 Å². The first-order valence-electron chi connectivity index (χ1n) is 4.67. The topological polar surface area (TPSA) is 105 Å². The average Bonchev–Trinajstić information content (AvgIpc) is 2.35. The van der Waals surface area contributed by atoms with E-state index in [2.05, 4.69) is 4.74 Å². The molecule has 1 aromatic rings. The Morgan fingerprint density at radius 1 is 1.47 bits per heavy atom. The zero-order chi connectivity index (χ0) is 13.0. The molecular formula is C10H12N2O5. The summed E-state index contributed by atoms with van der Waals surface area (Å²) in [5.74, 6) is -0.701. The van der Waals surface area contributed by atoms with E-state index in [4.69, 9.17) is 10.5 Å². The number of methoxy groups -OCH3 is 2. The van der Waals surface area contributed by atoms with Gasteiger partial charge in [-0.3, -0.25) is 10.1 Å². The molecule has 0 amide bonds. The van der Waals surface area contributed by atoms with Crippen LogP contribution in [-0.4, -0.2) is 25.1 Å². The number of ether oxygens (including phenoxy) is 2. The van der Waals surface area contributed by atoms with Crippen LogP contribution in [0.1, 0.15) is 11.6 Å². The molecule has 0 fully saturated rings. The average molecular weight is 240 g/mol. The van der Waals surface area contributed by atoms with E-state index in [0.717, 1.165) is 7.11 Å². The van der Waals surface area contributed by atoms with Crippen LogP contribution in [0.25, 0.3) is 0 Å². The number of carbonyl (C=O) groups is 1. The van der Waals surface area contributed by atoms with Gasteiger partial charge in [-0.15, -0.1) is 0 Å². The highest BCUT2D eigenvalue weighted by Crippen LogP contribution is 2.33. The lowest BCUT2D eigenvalue weighted by Gasteiger charge is -2.11. The second-order valence-electron chi connectivity index (χ2n) is 3.16. The van der Waals surface area contributed by atoms with Crippen LogP contribution in [0.5, 0.6) is 5.75 Å². The van der Waals surface area contributed by atoms with Crippen LogP contribution in [0.15, 0.2) is 18.2 Å². The first kappa shape index (κ1) is 12.9. The zero-order valence-corrected chi connectivity index (χ0v) is 9.38. The Kier molecular flexibility index (Phi) is 4.00. The van der Waals surface area contributed by atoms with Crippen molar-refractivity contribution in [3.8, 4) is 5.75 Å². The van der Waals surface area contributed by atoms with Gasteiger partial charge in [-0.2, -0.15) is 0 Å². The third kappa shape index (κ3) is 2.51. The van der Waals surface area contributed by atoms with Crippen molar-refractivity contribution in [2.24, 2.45) is 5.73 Å². The smallest absolute Gasteiger partial charge is 0.327 e. The molecular weight excluding hydrogens is 228 g/mol. The van der Waals surface area contributed by atoms with E-state index in [1.807, 2.05) is 0 Å². The van der Waals surface area contributed by atoms with Gasteiger partial charge in [0.2, 0.25) is 0 Å². The van der Waals surface area contributed by atoms with Crippen LogP contribution in [-0.2, 0) is 9.53 Å². The van der Waals surface area contributed by atoms with Crippen molar-refractivity contribution in [2.75, 3.05) is 14.2 Å². The fourth-order valence-corrected chi connectivity index (χ4v) is 1.40. The number of hydrogen-bond acceptors (Lipinski definition) is 6. The number of nitro groups is 1. The lowest BCUT2D eigenvalue weighted by Crippen LogP contribution is -2.23. The maximum absolute atomic E-state index is 11.3. The number of carbonyl (C=O) groups excluding carboxylic acids is 1. The van der Waals surface area contributed by atoms with Gasteiger partial charge in [0.15, 0.2) is 5.75 Å². The Labute approximate surface area is 97.3 Å². The molecule has 1 unspecified atom stereocenters. The summed E-state index contributed by atoms with van der Waals surface area (Å²) >= 11 is 0. The number of para-hydroxylation sites is 1. The van der Waals surface area contributed by atoms with Crippen molar-refractivity contribution < 1.29 is 19.2 Å². The molecule has 7 heteroatoms. The van der Waals surface area contributed by atoms with Gasteiger partial charge >= 0.3 is 11.7 Å². The molecule has 0 heterocycles. The summed E-state index contributed by atoms with van der Waals surface area (Å²) in [6.07, 6.45) is 0. The fraction of sp³-hybridized carbons (Fsp3) is 0.300. The number of nitrogens with two attached hydrogens (primary N) is 1. The van der Waals surface area contributed by atoms with Gasteiger partial charge in [0.1, 0.15) is 6.04 Å². The van der Waals surface area contributed by atoms with Crippen molar-refractivity contribution in [1.82, 2.24) is 0 Å². The maximum atomic E-state index is 11.3. The minimum absolute atomic E-state index is 0.0480. The van der Waals surface area contributed by atoms with E-state index in [9.17, 15) is 14.9 Å². The van der Waals surface area contributed by atoms with E-state index >= 15 is 0 Å². The van der Waals surface area contributed by atoms with Crippen LogP contribution >= 0.6 is 0 Å². The van der Waals surface area contributed by atoms with Crippen molar-refractivity contribution in [2.45, 2.75) is 6.04 Å². The number of benzene rings is 1. The van der Waals surface area contributed by atoms with Crippen molar-refractivity contribution in [3.05, 3.63) is 33.9 Å². The fourth-order valence-electron chi connectivity index (χ4n) is 1.40. The van der Waals surface area contributed by atoms with Gasteiger partial charge < -0.3 is 15.2 Å². The largest absolute Gasteiger partial charge is 0.490 e. The number of rotatable bonds is 4. The van der Waals surface area contributed by atoms with Gasteiger partial charge in [0.25, 0.3) is 0 Å². The molecule has 0 aliphatic carbocycles. The van der Waals surface area contributed by atoms with E-state index < -0.39 is 16.9 Å². The zero-order valence-electron chi connectivity index (χ0n) is 9.38. The Hall–Kier alpha value is -2.15. The van der Waals surface area contributed by atoms with E-state index in [1.54, 1.807) is 0 Å². The molecule has 1 aromatic carbocycles. The molecule has 1 rings (SSSR count). The molecule has 0 saturated carbocycles.